The maximum Gasteiger partial charge on any atom is 0.161 e. The van der Waals surface area contributed by atoms with Crippen molar-refractivity contribution in [2.45, 2.75) is 12.0 Å². The van der Waals surface area contributed by atoms with Crippen LogP contribution in [0.4, 0.5) is 10.1 Å². The van der Waals surface area contributed by atoms with Crippen LogP contribution in [0.5, 0.6) is 0 Å². The van der Waals surface area contributed by atoms with Crippen LogP contribution < -0.4 is 4.90 Å². The average molecular weight is 255 g/mol. The Hall–Kier alpha value is -1.31. The first-order valence-electron chi connectivity index (χ1n) is 5.35. The third kappa shape index (κ3) is 2.51. The van der Waals surface area contributed by atoms with Gasteiger partial charge in [0, 0.05) is 17.8 Å². The molecule has 90 valence electrons. The minimum Gasteiger partial charge on any atom is -0.365 e. The van der Waals surface area contributed by atoms with Crippen molar-refractivity contribution in [2.24, 2.45) is 0 Å². The SMILES string of the molecule is N#CC1CN(c2cccc(F)c2CCl)CCO1. The fraction of sp³-hybridized carbons (Fsp3) is 0.417. The van der Waals surface area contributed by atoms with Crippen LogP contribution in [0, 0.1) is 17.1 Å². The molecule has 1 aliphatic rings. The average Bonchev–Trinajstić information content (AvgIpc) is 2.38. The van der Waals surface area contributed by atoms with Crippen molar-refractivity contribution in [1.29, 1.82) is 5.26 Å². The second-order valence-corrected chi connectivity index (χ2v) is 4.07. The van der Waals surface area contributed by atoms with Crippen molar-refractivity contribution in [1.82, 2.24) is 0 Å². The Morgan fingerprint density at radius 3 is 3.12 bits per heavy atom. The summed E-state index contributed by atoms with van der Waals surface area (Å²) in [6, 6.07) is 6.93. The molecule has 1 atom stereocenters. The van der Waals surface area contributed by atoms with Gasteiger partial charge in [-0.2, -0.15) is 5.26 Å². The smallest absolute Gasteiger partial charge is 0.161 e. The van der Waals surface area contributed by atoms with Crippen LogP contribution in [0.2, 0.25) is 0 Å². The number of nitriles is 1. The van der Waals surface area contributed by atoms with Gasteiger partial charge in [0.15, 0.2) is 6.10 Å². The Bertz CT molecular complexity index is 447. The summed E-state index contributed by atoms with van der Waals surface area (Å²) in [6.45, 7) is 1.56. The molecular formula is C12H12ClFN2O. The van der Waals surface area contributed by atoms with Gasteiger partial charge in [-0.3, -0.25) is 0 Å². The summed E-state index contributed by atoms with van der Waals surface area (Å²) in [4.78, 5) is 1.94. The van der Waals surface area contributed by atoms with Crippen molar-refractivity contribution < 1.29 is 9.13 Å². The topological polar surface area (TPSA) is 36.3 Å². The Balaban J connectivity index is 2.28. The second-order valence-electron chi connectivity index (χ2n) is 3.81. The first kappa shape index (κ1) is 12.2. The first-order chi connectivity index (χ1) is 8.26. The lowest BCUT2D eigenvalue weighted by atomic mass is 10.1. The highest BCUT2D eigenvalue weighted by Crippen LogP contribution is 2.26. The van der Waals surface area contributed by atoms with E-state index in [1.54, 1.807) is 6.07 Å². The molecule has 3 nitrogen and oxygen atoms in total. The molecule has 17 heavy (non-hydrogen) atoms. The highest BCUT2D eigenvalue weighted by atomic mass is 35.5. The van der Waals surface area contributed by atoms with E-state index >= 15 is 0 Å². The van der Waals surface area contributed by atoms with Crippen molar-refractivity contribution in [3.8, 4) is 6.07 Å². The molecule has 1 fully saturated rings. The predicted octanol–water partition coefficient (Wildman–Crippen LogP) is 2.29. The molecule has 2 rings (SSSR count). The van der Waals surface area contributed by atoms with Gasteiger partial charge in [0.1, 0.15) is 5.82 Å². The fourth-order valence-electron chi connectivity index (χ4n) is 1.92. The van der Waals surface area contributed by atoms with Crippen LogP contribution in [-0.4, -0.2) is 25.8 Å². The zero-order valence-electron chi connectivity index (χ0n) is 9.20. The number of rotatable bonds is 2. The third-order valence-corrected chi connectivity index (χ3v) is 3.05. The van der Waals surface area contributed by atoms with Crippen molar-refractivity contribution >= 4 is 17.3 Å². The second kappa shape index (κ2) is 5.35. The van der Waals surface area contributed by atoms with Crippen LogP contribution in [-0.2, 0) is 10.6 Å². The molecule has 5 heteroatoms. The molecule has 1 aromatic rings. The molecule has 0 radical (unpaired) electrons. The molecule has 1 unspecified atom stereocenters. The van der Waals surface area contributed by atoms with E-state index in [1.807, 2.05) is 11.0 Å². The number of hydrogen-bond acceptors (Lipinski definition) is 3. The van der Waals surface area contributed by atoms with Gasteiger partial charge in [-0.15, -0.1) is 11.6 Å². The van der Waals surface area contributed by atoms with E-state index in [0.717, 1.165) is 5.69 Å². The normalized spacial score (nSPS) is 20.1. The van der Waals surface area contributed by atoms with Crippen molar-refractivity contribution in [3.63, 3.8) is 0 Å². The summed E-state index contributed by atoms with van der Waals surface area (Å²) in [6.07, 6.45) is -0.463. The summed E-state index contributed by atoms with van der Waals surface area (Å²) in [5, 5.41) is 8.83. The lowest BCUT2D eigenvalue weighted by Crippen LogP contribution is -2.42. The number of morpholine rings is 1. The minimum absolute atomic E-state index is 0.122. The molecule has 0 amide bonds. The number of anilines is 1. The number of halogens is 2. The summed E-state index contributed by atoms with van der Waals surface area (Å²) >= 11 is 5.76. The van der Waals surface area contributed by atoms with Crippen molar-refractivity contribution in [3.05, 3.63) is 29.6 Å². The summed E-state index contributed by atoms with van der Waals surface area (Å²) < 4.78 is 18.8. The summed E-state index contributed by atoms with van der Waals surface area (Å²) in [5.41, 5.74) is 1.23. The Morgan fingerprint density at radius 1 is 1.59 bits per heavy atom. The molecule has 0 spiro atoms. The van der Waals surface area contributed by atoms with E-state index in [1.165, 1.54) is 6.07 Å². The largest absolute Gasteiger partial charge is 0.365 e. The van der Waals surface area contributed by atoms with Gasteiger partial charge in [0.05, 0.1) is 25.1 Å². The van der Waals surface area contributed by atoms with Gasteiger partial charge >= 0.3 is 0 Å². The standard InChI is InChI=1S/C12H12ClFN2O/c13-6-10-11(14)2-1-3-12(10)16-4-5-17-9(7-15)8-16/h1-3,9H,4-6,8H2. The quantitative estimate of drug-likeness (QED) is 0.760. The molecule has 0 aliphatic carbocycles. The summed E-state index contributed by atoms with van der Waals surface area (Å²) in [7, 11) is 0. The monoisotopic (exact) mass is 254 g/mol. The van der Waals surface area contributed by atoms with E-state index in [4.69, 9.17) is 21.6 Å². The maximum atomic E-state index is 13.6. The minimum atomic E-state index is -0.463. The lowest BCUT2D eigenvalue weighted by molar-refractivity contribution is 0.0764. The van der Waals surface area contributed by atoms with Gasteiger partial charge in [-0.05, 0) is 12.1 Å². The zero-order chi connectivity index (χ0) is 12.3. The Labute approximate surface area is 104 Å². The highest BCUT2D eigenvalue weighted by Gasteiger charge is 2.22. The highest BCUT2D eigenvalue weighted by molar-refractivity contribution is 6.17. The number of hydrogen-bond donors (Lipinski definition) is 0. The molecule has 1 saturated heterocycles. The van der Waals surface area contributed by atoms with Crippen LogP contribution in [0.3, 0.4) is 0 Å². The van der Waals surface area contributed by atoms with Crippen molar-refractivity contribution in [2.75, 3.05) is 24.6 Å². The lowest BCUT2D eigenvalue weighted by Gasteiger charge is -2.32. The molecule has 0 bridgehead atoms. The van der Waals surface area contributed by atoms with E-state index in [9.17, 15) is 4.39 Å². The molecule has 0 saturated carbocycles. The Morgan fingerprint density at radius 2 is 2.41 bits per heavy atom. The van der Waals surface area contributed by atoms with Crippen LogP contribution in [0.1, 0.15) is 5.56 Å². The zero-order valence-corrected chi connectivity index (χ0v) is 9.95. The Kier molecular flexibility index (Phi) is 3.82. The number of benzene rings is 1. The fourth-order valence-corrected chi connectivity index (χ4v) is 2.19. The van der Waals surface area contributed by atoms with E-state index in [0.29, 0.717) is 25.3 Å². The molecule has 1 heterocycles. The molecule has 1 aromatic carbocycles. The molecule has 1 aliphatic heterocycles. The summed E-state index contributed by atoms with van der Waals surface area (Å²) in [5.74, 6) is -0.186. The molecular weight excluding hydrogens is 243 g/mol. The van der Waals surface area contributed by atoms with E-state index < -0.39 is 6.10 Å². The van der Waals surface area contributed by atoms with Gasteiger partial charge in [0.2, 0.25) is 0 Å². The van der Waals surface area contributed by atoms with Crippen LogP contribution in [0.15, 0.2) is 18.2 Å². The predicted molar refractivity (Wildman–Crippen MR) is 63.5 cm³/mol. The van der Waals surface area contributed by atoms with Crippen LogP contribution >= 0.6 is 11.6 Å². The van der Waals surface area contributed by atoms with Gasteiger partial charge in [-0.1, -0.05) is 6.07 Å². The first-order valence-corrected chi connectivity index (χ1v) is 5.89. The number of ether oxygens (including phenoxy) is 1. The molecule has 0 N–H and O–H groups in total. The van der Waals surface area contributed by atoms with Gasteiger partial charge < -0.3 is 9.64 Å². The number of nitrogens with zero attached hydrogens (tertiary/aromatic N) is 2. The number of alkyl halides is 1. The van der Waals surface area contributed by atoms with Crippen LogP contribution in [0.25, 0.3) is 0 Å². The van der Waals surface area contributed by atoms with Gasteiger partial charge in [0.25, 0.3) is 0 Å². The van der Waals surface area contributed by atoms with E-state index in [-0.39, 0.29) is 11.7 Å². The van der Waals surface area contributed by atoms with E-state index in [2.05, 4.69) is 6.07 Å². The molecule has 0 aromatic heterocycles. The van der Waals surface area contributed by atoms with Gasteiger partial charge in [-0.25, -0.2) is 4.39 Å². The maximum absolute atomic E-state index is 13.6. The third-order valence-electron chi connectivity index (χ3n) is 2.78.